The summed E-state index contributed by atoms with van der Waals surface area (Å²) in [6.45, 7) is 6.69. The molecule has 0 spiro atoms. The van der Waals surface area contributed by atoms with Crippen LogP contribution in [0.25, 0.3) is 5.57 Å². The summed E-state index contributed by atoms with van der Waals surface area (Å²) in [5.74, 6) is -0.257. The van der Waals surface area contributed by atoms with Crippen LogP contribution in [0.15, 0.2) is 97.1 Å². The summed E-state index contributed by atoms with van der Waals surface area (Å²) >= 11 is 0. The molecule has 4 heteroatoms. The van der Waals surface area contributed by atoms with E-state index >= 15 is 0 Å². The van der Waals surface area contributed by atoms with E-state index in [2.05, 4.69) is 69.3 Å². The molecular weight excluding hydrogens is 424 g/mol. The van der Waals surface area contributed by atoms with E-state index in [1.807, 2.05) is 42.5 Å². The highest BCUT2D eigenvalue weighted by atomic mass is 28.3. The fourth-order valence-electron chi connectivity index (χ4n) is 4.35. The number of hydrogen-bond donors (Lipinski definition) is 0. The van der Waals surface area contributed by atoms with E-state index in [0.717, 1.165) is 24.0 Å². The Morgan fingerprint density at radius 3 is 1.88 bits per heavy atom. The van der Waals surface area contributed by atoms with Crippen molar-refractivity contribution in [3.63, 3.8) is 0 Å². The summed E-state index contributed by atoms with van der Waals surface area (Å²) < 4.78 is 12.7. The average Bonchev–Trinajstić information content (AvgIpc) is 3.20. The Bertz CT molecular complexity index is 1030. The molecule has 170 valence electrons. The van der Waals surface area contributed by atoms with Crippen molar-refractivity contribution in [1.82, 2.24) is 0 Å². The SMILES string of the molecule is CC(C)(C)C(CCC1OC(=O)C=C1c1ccccc1)O[SiH](c1ccccc1)c1ccccc1. The molecule has 1 aliphatic heterocycles. The van der Waals surface area contributed by atoms with Gasteiger partial charge in [0, 0.05) is 11.6 Å². The van der Waals surface area contributed by atoms with Gasteiger partial charge in [0.05, 0.1) is 6.10 Å². The first-order valence-corrected chi connectivity index (χ1v) is 13.3. The molecule has 2 atom stereocenters. The van der Waals surface area contributed by atoms with E-state index in [9.17, 15) is 4.79 Å². The minimum absolute atomic E-state index is 0.0332. The van der Waals surface area contributed by atoms with Gasteiger partial charge in [0.1, 0.15) is 6.10 Å². The zero-order chi connectivity index (χ0) is 23.3. The summed E-state index contributed by atoms with van der Waals surface area (Å²) in [6, 6.07) is 31.2. The van der Waals surface area contributed by atoms with E-state index in [0.29, 0.717) is 0 Å². The van der Waals surface area contributed by atoms with Gasteiger partial charge >= 0.3 is 5.97 Å². The van der Waals surface area contributed by atoms with Gasteiger partial charge < -0.3 is 9.16 Å². The maximum Gasteiger partial charge on any atom is 0.331 e. The molecule has 0 N–H and O–H groups in total. The molecule has 0 aromatic heterocycles. The highest BCUT2D eigenvalue weighted by Crippen LogP contribution is 2.33. The highest BCUT2D eigenvalue weighted by Gasteiger charge is 2.33. The number of rotatable bonds is 8. The van der Waals surface area contributed by atoms with Crippen molar-refractivity contribution in [2.45, 2.75) is 45.8 Å². The lowest BCUT2D eigenvalue weighted by Crippen LogP contribution is -2.49. The molecule has 3 nitrogen and oxygen atoms in total. The molecule has 0 saturated heterocycles. The second-order valence-electron chi connectivity index (χ2n) is 9.66. The average molecular weight is 457 g/mol. The standard InChI is InChI=1S/C29H32O3Si/c1-29(2,3)27(20-19-26-25(21-28(30)31-26)22-13-7-4-8-14-22)32-33(23-15-9-5-10-16-23)24-17-11-6-12-18-24/h4-18,21,26-27,33H,19-20H2,1-3H3. The number of carbonyl (C=O) groups is 1. The Hall–Kier alpha value is -2.95. The summed E-state index contributed by atoms with van der Waals surface area (Å²) in [6.07, 6.45) is 2.99. The second-order valence-corrected chi connectivity index (χ2v) is 12.0. The van der Waals surface area contributed by atoms with Crippen molar-refractivity contribution in [2.75, 3.05) is 0 Å². The van der Waals surface area contributed by atoms with Gasteiger partial charge in [-0.3, -0.25) is 0 Å². The Balaban J connectivity index is 1.55. The quantitative estimate of drug-likeness (QED) is 0.363. The lowest BCUT2D eigenvalue weighted by Gasteiger charge is -2.35. The summed E-state index contributed by atoms with van der Waals surface area (Å²) in [7, 11) is -1.88. The molecule has 4 rings (SSSR count). The zero-order valence-corrected chi connectivity index (χ0v) is 20.8. The van der Waals surface area contributed by atoms with E-state index in [4.69, 9.17) is 9.16 Å². The monoisotopic (exact) mass is 456 g/mol. The van der Waals surface area contributed by atoms with Gasteiger partial charge in [-0.2, -0.15) is 0 Å². The van der Waals surface area contributed by atoms with Gasteiger partial charge in [0.25, 0.3) is 0 Å². The van der Waals surface area contributed by atoms with Crippen molar-refractivity contribution in [1.29, 1.82) is 0 Å². The highest BCUT2D eigenvalue weighted by molar-refractivity contribution is 6.80. The van der Waals surface area contributed by atoms with Crippen LogP contribution in [0.2, 0.25) is 0 Å². The van der Waals surface area contributed by atoms with Crippen LogP contribution in [-0.4, -0.2) is 27.2 Å². The number of cyclic esters (lactones) is 1. The topological polar surface area (TPSA) is 35.5 Å². The first kappa shape index (κ1) is 23.2. The first-order chi connectivity index (χ1) is 15.9. The maximum absolute atomic E-state index is 12.1. The molecule has 3 aromatic carbocycles. The third-order valence-electron chi connectivity index (χ3n) is 6.15. The van der Waals surface area contributed by atoms with Gasteiger partial charge in [-0.25, -0.2) is 4.79 Å². The van der Waals surface area contributed by atoms with Crippen molar-refractivity contribution >= 4 is 31.0 Å². The van der Waals surface area contributed by atoms with E-state index in [1.165, 1.54) is 10.4 Å². The molecule has 2 unspecified atom stereocenters. The number of carbonyl (C=O) groups excluding carboxylic acids is 1. The van der Waals surface area contributed by atoms with Crippen molar-refractivity contribution in [3.8, 4) is 0 Å². The predicted octanol–water partition coefficient (Wildman–Crippen LogP) is 4.75. The molecule has 0 fully saturated rings. The molecule has 33 heavy (non-hydrogen) atoms. The Kier molecular flexibility index (Phi) is 7.26. The van der Waals surface area contributed by atoms with E-state index in [-0.39, 0.29) is 23.6 Å². The largest absolute Gasteiger partial charge is 0.454 e. The summed E-state index contributed by atoms with van der Waals surface area (Å²) in [5.41, 5.74) is 1.96. The van der Waals surface area contributed by atoms with Crippen LogP contribution in [0.4, 0.5) is 0 Å². The third-order valence-corrected chi connectivity index (χ3v) is 8.73. The minimum atomic E-state index is -1.88. The van der Waals surface area contributed by atoms with Crippen molar-refractivity contribution in [2.24, 2.45) is 5.41 Å². The van der Waals surface area contributed by atoms with Gasteiger partial charge in [-0.1, -0.05) is 112 Å². The maximum atomic E-state index is 12.1. The van der Waals surface area contributed by atoms with Gasteiger partial charge in [-0.05, 0) is 34.2 Å². The van der Waals surface area contributed by atoms with Crippen molar-refractivity contribution < 1.29 is 14.0 Å². The van der Waals surface area contributed by atoms with Crippen LogP contribution in [0.3, 0.4) is 0 Å². The first-order valence-electron chi connectivity index (χ1n) is 11.6. The number of benzene rings is 3. The molecule has 0 amide bonds. The van der Waals surface area contributed by atoms with Crippen LogP contribution < -0.4 is 10.4 Å². The van der Waals surface area contributed by atoms with E-state index in [1.54, 1.807) is 6.08 Å². The molecule has 0 bridgehead atoms. The molecular formula is C29H32O3Si. The normalized spacial score (nSPS) is 17.0. The fourth-order valence-corrected chi connectivity index (χ4v) is 7.06. The Morgan fingerprint density at radius 2 is 1.36 bits per heavy atom. The molecule has 3 aromatic rings. The molecule has 0 saturated carbocycles. The van der Waals surface area contributed by atoms with Crippen LogP contribution in [0.5, 0.6) is 0 Å². The fraction of sp³-hybridized carbons (Fsp3) is 0.276. The van der Waals surface area contributed by atoms with Crippen LogP contribution in [0, 0.1) is 5.41 Å². The van der Waals surface area contributed by atoms with E-state index < -0.39 is 9.04 Å². The second kappa shape index (κ2) is 10.3. The summed E-state index contributed by atoms with van der Waals surface area (Å²) in [4.78, 5) is 12.1. The zero-order valence-electron chi connectivity index (χ0n) is 19.6. The molecule has 0 aliphatic carbocycles. The molecule has 1 aliphatic rings. The lowest BCUT2D eigenvalue weighted by atomic mass is 9.85. The smallest absolute Gasteiger partial charge is 0.331 e. The van der Waals surface area contributed by atoms with Crippen LogP contribution in [-0.2, 0) is 14.0 Å². The number of esters is 1. The predicted molar refractivity (Wildman–Crippen MR) is 137 cm³/mol. The summed E-state index contributed by atoms with van der Waals surface area (Å²) in [5, 5.41) is 2.55. The van der Waals surface area contributed by atoms with Crippen LogP contribution in [0.1, 0.15) is 39.2 Å². The lowest BCUT2D eigenvalue weighted by molar-refractivity contribution is -0.138. The molecule has 1 heterocycles. The number of ether oxygens (including phenoxy) is 1. The molecule has 0 radical (unpaired) electrons. The third kappa shape index (κ3) is 5.89. The van der Waals surface area contributed by atoms with Gasteiger partial charge in [0.15, 0.2) is 0 Å². The van der Waals surface area contributed by atoms with Crippen LogP contribution >= 0.6 is 0 Å². The van der Waals surface area contributed by atoms with Gasteiger partial charge in [-0.15, -0.1) is 0 Å². The Morgan fingerprint density at radius 1 is 0.848 bits per heavy atom. The minimum Gasteiger partial charge on any atom is -0.454 e. The van der Waals surface area contributed by atoms with Gasteiger partial charge in [0.2, 0.25) is 9.04 Å². The number of hydrogen-bond acceptors (Lipinski definition) is 3. The Labute approximate surface area is 198 Å². The van der Waals surface area contributed by atoms with Crippen molar-refractivity contribution in [3.05, 3.63) is 103 Å².